The van der Waals surface area contributed by atoms with E-state index in [-0.39, 0.29) is 5.97 Å². The second kappa shape index (κ2) is 4.43. The Hall–Kier alpha value is -2.29. The molecule has 1 aromatic heterocycles. The summed E-state index contributed by atoms with van der Waals surface area (Å²) in [4.78, 5) is 15.1. The predicted molar refractivity (Wildman–Crippen MR) is 76.5 cm³/mol. The van der Waals surface area contributed by atoms with Gasteiger partial charge in [0.25, 0.3) is 0 Å². The Labute approximate surface area is 111 Å². The van der Waals surface area contributed by atoms with E-state index in [9.17, 15) is 4.79 Å². The average molecular weight is 253 g/mol. The summed E-state index contributed by atoms with van der Waals surface area (Å²) >= 11 is 0. The van der Waals surface area contributed by atoms with Gasteiger partial charge >= 0.3 is 5.97 Å². The number of carbonyl (C=O) groups excluding carboxylic acids is 1. The van der Waals surface area contributed by atoms with Gasteiger partial charge < -0.3 is 9.72 Å². The third-order valence-corrected chi connectivity index (χ3v) is 3.42. The summed E-state index contributed by atoms with van der Waals surface area (Å²) < 4.78 is 5.08. The lowest BCUT2D eigenvalue weighted by atomic mass is 10.0. The highest BCUT2D eigenvalue weighted by Gasteiger charge is 2.16. The smallest absolute Gasteiger partial charge is 0.355 e. The van der Waals surface area contributed by atoms with Gasteiger partial charge in [0.15, 0.2) is 0 Å². The summed E-state index contributed by atoms with van der Waals surface area (Å²) in [5.74, 6) is -0.291. The fourth-order valence-electron chi connectivity index (χ4n) is 2.54. The van der Waals surface area contributed by atoms with Crippen molar-refractivity contribution in [3.8, 4) is 0 Å². The van der Waals surface area contributed by atoms with Gasteiger partial charge in [-0.1, -0.05) is 30.3 Å². The van der Waals surface area contributed by atoms with Crippen LogP contribution in [0.3, 0.4) is 0 Å². The summed E-state index contributed by atoms with van der Waals surface area (Å²) in [6, 6.07) is 12.2. The minimum absolute atomic E-state index is 0.291. The first-order valence-electron chi connectivity index (χ1n) is 6.39. The average Bonchev–Trinajstić information content (AvgIpc) is 2.77. The fraction of sp³-hybridized carbons (Fsp3) is 0.188. The first-order chi connectivity index (χ1) is 9.22. The molecule has 3 rings (SSSR count). The minimum Gasteiger partial charge on any atom is -0.461 e. The molecule has 0 bridgehead atoms. The Balaban J connectivity index is 2.32. The summed E-state index contributed by atoms with van der Waals surface area (Å²) in [6.07, 6.45) is 0. The van der Waals surface area contributed by atoms with E-state index in [1.165, 1.54) is 5.39 Å². The quantitative estimate of drug-likeness (QED) is 0.706. The number of esters is 1. The number of nitrogens with one attached hydrogen (secondary N) is 1. The van der Waals surface area contributed by atoms with Crippen LogP contribution in [-0.4, -0.2) is 17.6 Å². The number of ether oxygens (including phenoxy) is 1. The van der Waals surface area contributed by atoms with E-state index in [0.717, 1.165) is 21.9 Å². The Morgan fingerprint density at radius 1 is 1.21 bits per heavy atom. The van der Waals surface area contributed by atoms with Crippen LogP contribution >= 0.6 is 0 Å². The third-order valence-electron chi connectivity index (χ3n) is 3.42. The molecule has 0 saturated carbocycles. The maximum atomic E-state index is 11.9. The summed E-state index contributed by atoms with van der Waals surface area (Å²) in [5, 5.41) is 3.43. The van der Waals surface area contributed by atoms with Gasteiger partial charge in [0.05, 0.1) is 6.61 Å². The van der Waals surface area contributed by atoms with Crippen molar-refractivity contribution in [3.63, 3.8) is 0 Å². The van der Waals surface area contributed by atoms with Crippen molar-refractivity contribution in [2.75, 3.05) is 6.61 Å². The maximum absolute atomic E-state index is 11.9. The van der Waals surface area contributed by atoms with E-state index in [1.54, 1.807) is 0 Å². The molecule has 3 heteroatoms. The molecule has 0 saturated heterocycles. The lowest BCUT2D eigenvalue weighted by Crippen LogP contribution is -2.06. The zero-order valence-corrected chi connectivity index (χ0v) is 11.0. The van der Waals surface area contributed by atoms with Crippen LogP contribution in [0.1, 0.15) is 23.0 Å². The maximum Gasteiger partial charge on any atom is 0.355 e. The van der Waals surface area contributed by atoms with Gasteiger partial charge in [-0.2, -0.15) is 0 Å². The molecule has 0 unspecified atom stereocenters. The summed E-state index contributed by atoms with van der Waals surface area (Å²) in [5.41, 5.74) is 2.47. The number of fused-ring (bicyclic) bond motifs is 3. The van der Waals surface area contributed by atoms with Crippen molar-refractivity contribution in [2.24, 2.45) is 0 Å². The Kier molecular flexibility index (Phi) is 2.75. The van der Waals surface area contributed by atoms with Gasteiger partial charge in [0, 0.05) is 10.9 Å². The SMILES string of the molecule is CCOC(=O)c1[nH]c2ccc3ccccc3c2c1C. The van der Waals surface area contributed by atoms with Crippen molar-refractivity contribution in [2.45, 2.75) is 13.8 Å². The molecule has 0 aliphatic rings. The lowest BCUT2D eigenvalue weighted by molar-refractivity contribution is 0.0520. The van der Waals surface area contributed by atoms with E-state index in [0.29, 0.717) is 12.3 Å². The van der Waals surface area contributed by atoms with Crippen molar-refractivity contribution in [1.29, 1.82) is 0 Å². The van der Waals surface area contributed by atoms with Crippen LogP contribution < -0.4 is 0 Å². The molecule has 19 heavy (non-hydrogen) atoms. The van der Waals surface area contributed by atoms with Crippen LogP contribution in [-0.2, 0) is 4.74 Å². The van der Waals surface area contributed by atoms with E-state index in [2.05, 4.69) is 23.2 Å². The van der Waals surface area contributed by atoms with Crippen LogP contribution in [0.15, 0.2) is 36.4 Å². The molecule has 1 heterocycles. The second-order valence-corrected chi connectivity index (χ2v) is 4.55. The molecule has 0 aliphatic carbocycles. The molecule has 1 N–H and O–H groups in total. The molecule has 0 spiro atoms. The molecule has 0 radical (unpaired) electrons. The van der Waals surface area contributed by atoms with Crippen LogP contribution in [0.2, 0.25) is 0 Å². The van der Waals surface area contributed by atoms with Crippen molar-refractivity contribution >= 4 is 27.6 Å². The molecular formula is C16H15NO2. The summed E-state index contributed by atoms with van der Waals surface area (Å²) in [7, 11) is 0. The summed E-state index contributed by atoms with van der Waals surface area (Å²) in [6.45, 7) is 4.15. The number of aryl methyl sites for hydroxylation is 1. The highest BCUT2D eigenvalue weighted by Crippen LogP contribution is 2.30. The molecular weight excluding hydrogens is 238 g/mol. The van der Waals surface area contributed by atoms with Crippen molar-refractivity contribution in [3.05, 3.63) is 47.7 Å². The van der Waals surface area contributed by atoms with Crippen LogP contribution in [0.25, 0.3) is 21.7 Å². The van der Waals surface area contributed by atoms with E-state index < -0.39 is 0 Å². The molecule has 2 aromatic carbocycles. The number of benzene rings is 2. The van der Waals surface area contributed by atoms with Gasteiger partial charge in [0.2, 0.25) is 0 Å². The van der Waals surface area contributed by atoms with Gasteiger partial charge in [-0.3, -0.25) is 0 Å². The highest BCUT2D eigenvalue weighted by atomic mass is 16.5. The first-order valence-corrected chi connectivity index (χ1v) is 6.39. The monoisotopic (exact) mass is 253 g/mol. The van der Waals surface area contributed by atoms with Crippen LogP contribution in [0.5, 0.6) is 0 Å². The molecule has 3 nitrogen and oxygen atoms in total. The number of aromatic nitrogens is 1. The Morgan fingerprint density at radius 3 is 2.79 bits per heavy atom. The highest BCUT2D eigenvalue weighted by molar-refractivity contribution is 6.11. The van der Waals surface area contributed by atoms with Gasteiger partial charge in [-0.25, -0.2) is 4.79 Å². The van der Waals surface area contributed by atoms with Crippen LogP contribution in [0.4, 0.5) is 0 Å². The number of carbonyl (C=O) groups is 1. The lowest BCUT2D eigenvalue weighted by Gasteiger charge is -2.01. The van der Waals surface area contributed by atoms with E-state index >= 15 is 0 Å². The van der Waals surface area contributed by atoms with E-state index in [1.807, 2.05) is 32.0 Å². The number of hydrogen-bond donors (Lipinski definition) is 1. The Bertz CT molecular complexity index is 771. The standard InChI is InChI=1S/C16H15NO2/c1-3-19-16(18)15-10(2)14-12-7-5-4-6-11(12)8-9-13(14)17-15/h4-9,17H,3H2,1-2H3. The number of H-pyrrole nitrogens is 1. The predicted octanol–water partition coefficient (Wildman–Crippen LogP) is 3.81. The number of hydrogen-bond acceptors (Lipinski definition) is 2. The zero-order chi connectivity index (χ0) is 13.4. The van der Waals surface area contributed by atoms with Crippen LogP contribution in [0, 0.1) is 6.92 Å². The zero-order valence-electron chi connectivity index (χ0n) is 11.0. The van der Waals surface area contributed by atoms with Gasteiger partial charge in [-0.05, 0) is 36.2 Å². The molecule has 0 fully saturated rings. The largest absolute Gasteiger partial charge is 0.461 e. The fourth-order valence-corrected chi connectivity index (χ4v) is 2.54. The molecule has 96 valence electrons. The second-order valence-electron chi connectivity index (χ2n) is 4.55. The number of rotatable bonds is 2. The van der Waals surface area contributed by atoms with Gasteiger partial charge in [0.1, 0.15) is 5.69 Å². The number of aromatic amines is 1. The minimum atomic E-state index is -0.291. The topological polar surface area (TPSA) is 42.1 Å². The van der Waals surface area contributed by atoms with E-state index in [4.69, 9.17) is 4.74 Å². The molecule has 3 aromatic rings. The Morgan fingerprint density at radius 2 is 2.00 bits per heavy atom. The molecule has 0 aliphatic heterocycles. The van der Waals surface area contributed by atoms with Crippen molar-refractivity contribution in [1.82, 2.24) is 4.98 Å². The third kappa shape index (κ3) is 1.78. The first kappa shape index (κ1) is 11.8. The molecule has 0 atom stereocenters. The normalized spacial score (nSPS) is 11.1. The van der Waals surface area contributed by atoms with Crippen molar-refractivity contribution < 1.29 is 9.53 Å². The van der Waals surface area contributed by atoms with Gasteiger partial charge in [-0.15, -0.1) is 0 Å². The molecule has 0 amide bonds.